The molecule has 1 fully saturated rings. The number of anilines is 1. The zero-order valence-corrected chi connectivity index (χ0v) is 13.2. The SMILES string of the molecule is COc1cc(C)c(N)cc1S(=O)(=O)N1CCC(CO)CC1. The predicted octanol–water partition coefficient (Wildman–Crippen LogP) is 0.979. The molecule has 0 radical (unpaired) electrons. The van der Waals surface area contributed by atoms with Crippen molar-refractivity contribution in [3.8, 4) is 5.75 Å². The van der Waals surface area contributed by atoms with E-state index in [9.17, 15) is 8.42 Å². The van der Waals surface area contributed by atoms with Crippen molar-refractivity contribution < 1.29 is 18.3 Å². The van der Waals surface area contributed by atoms with Gasteiger partial charge in [0.1, 0.15) is 10.6 Å². The number of hydrogen-bond donors (Lipinski definition) is 2. The van der Waals surface area contributed by atoms with Crippen LogP contribution in [0.5, 0.6) is 5.75 Å². The lowest BCUT2D eigenvalue weighted by atomic mass is 10.00. The van der Waals surface area contributed by atoms with E-state index in [0.29, 0.717) is 37.4 Å². The number of ether oxygens (including phenoxy) is 1. The monoisotopic (exact) mass is 314 g/mol. The molecule has 1 aromatic rings. The average molecular weight is 314 g/mol. The highest BCUT2D eigenvalue weighted by molar-refractivity contribution is 7.89. The molecule has 0 atom stereocenters. The lowest BCUT2D eigenvalue weighted by Crippen LogP contribution is -2.39. The van der Waals surface area contributed by atoms with Gasteiger partial charge in [0.25, 0.3) is 0 Å². The van der Waals surface area contributed by atoms with Gasteiger partial charge in [0.05, 0.1) is 7.11 Å². The van der Waals surface area contributed by atoms with E-state index in [4.69, 9.17) is 15.6 Å². The van der Waals surface area contributed by atoms with Crippen molar-refractivity contribution in [2.24, 2.45) is 5.92 Å². The maximum Gasteiger partial charge on any atom is 0.246 e. The first kappa shape index (κ1) is 16.1. The number of hydrogen-bond acceptors (Lipinski definition) is 5. The Labute approximate surface area is 125 Å². The summed E-state index contributed by atoms with van der Waals surface area (Å²) < 4.78 is 32.1. The number of aryl methyl sites for hydroxylation is 1. The Morgan fingerprint density at radius 3 is 2.52 bits per heavy atom. The normalized spacial score (nSPS) is 17.9. The van der Waals surface area contributed by atoms with Crippen molar-refractivity contribution >= 4 is 15.7 Å². The molecule has 1 aromatic carbocycles. The van der Waals surface area contributed by atoms with Crippen LogP contribution in [-0.2, 0) is 10.0 Å². The van der Waals surface area contributed by atoms with E-state index >= 15 is 0 Å². The minimum atomic E-state index is -3.63. The highest BCUT2D eigenvalue weighted by Gasteiger charge is 2.31. The first-order valence-corrected chi connectivity index (χ1v) is 8.39. The van der Waals surface area contributed by atoms with Gasteiger partial charge in [-0.15, -0.1) is 0 Å². The Morgan fingerprint density at radius 1 is 1.38 bits per heavy atom. The second kappa shape index (κ2) is 6.21. The lowest BCUT2D eigenvalue weighted by Gasteiger charge is -2.30. The third-order valence-corrected chi connectivity index (χ3v) is 5.92. The Bertz CT molecular complexity index is 608. The Hall–Kier alpha value is -1.31. The molecule has 0 unspecified atom stereocenters. The van der Waals surface area contributed by atoms with Crippen LogP contribution in [0.25, 0.3) is 0 Å². The number of aliphatic hydroxyl groups is 1. The fourth-order valence-electron chi connectivity index (χ4n) is 2.51. The Kier molecular flexibility index (Phi) is 4.75. The minimum Gasteiger partial charge on any atom is -0.495 e. The van der Waals surface area contributed by atoms with Crippen LogP contribution in [0.1, 0.15) is 18.4 Å². The molecule has 0 saturated carbocycles. The van der Waals surface area contributed by atoms with Gasteiger partial charge >= 0.3 is 0 Å². The maximum absolute atomic E-state index is 12.8. The van der Waals surface area contributed by atoms with Crippen LogP contribution in [0.3, 0.4) is 0 Å². The van der Waals surface area contributed by atoms with E-state index in [1.165, 1.54) is 17.5 Å². The highest BCUT2D eigenvalue weighted by Crippen LogP contribution is 2.32. The molecule has 3 N–H and O–H groups in total. The van der Waals surface area contributed by atoms with E-state index in [1.54, 1.807) is 13.0 Å². The number of sulfonamides is 1. The van der Waals surface area contributed by atoms with Gasteiger partial charge in [0.15, 0.2) is 0 Å². The van der Waals surface area contributed by atoms with Crippen LogP contribution in [0, 0.1) is 12.8 Å². The summed E-state index contributed by atoms with van der Waals surface area (Å²) in [6.45, 7) is 2.73. The van der Waals surface area contributed by atoms with Gasteiger partial charge < -0.3 is 15.6 Å². The smallest absolute Gasteiger partial charge is 0.246 e. The van der Waals surface area contributed by atoms with Gasteiger partial charge in [-0.25, -0.2) is 8.42 Å². The van der Waals surface area contributed by atoms with E-state index in [1.807, 2.05) is 0 Å². The second-order valence-corrected chi connectivity index (χ2v) is 7.30. The van der Waals surface area contributed by atoms with Crippen LogP contribution < -0.4 is 10.5 Å². The number of piperidine rings is 1. The fourth-order valence-corrected chi connectivity index (χ4v) is 4.15. The van der Waals surface area contributed by atoms with Crippen molar-refractivity contribution in [2.45, 2.75) is 24.7 Å². The number of methoxy groups -OCH3 is 1. The molecule has 6 nitrogen and oxygen atoms in total. The fraction of sp³-hybridized carbons (Fsp3) is 0.571. The molecular weight excluding hydrogens is 292 g/mol. The van der Waals surface area contributed by atoms with E-state index < -0.39 is 10.0 Å². The predicted molar refractivity (Wildman–Crippen MR) is 80.7 cm³/mol. The molecule has 1 saturated heterocycles. The van der Waals surface area contributed by atoms with Gasteiger partial charge in [-0.3, -0.25) is 0 Å². The van der Waals surface area contributed by atoms with E-state index in [0.717, 1.165) is 5.56 Å². The van der Waals surface area contributed by atoms with Crippen molar-refractivity contribution in [2.75, 3.05) is 32.5 Å². The largest absolute Gasteiger partial charge is 0.495 e. The molecule has 0 spiro atoms. The van der Waals surface area contributed by atoms with Crippen molar-refractivity contribution in [3.05, 3.63) is 17.7 Å². The molecule has 118 valence electrons. The number of rotatable bonds is 4. The number of nitrogens with two attached hydrogens (primary N) is 1. The summed E-state index contributed by atoms with van der Waals surface area (Å²) in [5.41, 5.74) is 7.05. The molecule has 0 aliphatic carbocycles. The quantitative estimate of drug-likeness (QED) is 0.808. The van der Waals surface area contributed by atoms with Crippen LogP contribution >= 0.6 is 0 Å². The summed E-state index contributed by atoms with van der Waals surface area (Å²) in [4.78, 5) is 0.107. The van der Waals surface area contributed by atoms with Gasteiger partial charge in [0, 0.05) is 25.4 Å². The van der Waals surface area contributed by atoms with Gasteiger partial charge in [0.2, 0.25) is 10.0 Å². The molecule has 21 heavy (non-hydrogen) atoms. The summed E-state index contributed by atoms with van der Waals surface area (Å²) in [7, 11) is -2.18. The van der Waals surface area contributed by atoms with E-state index in [-0.39, 0.29) is 17.4 Å². The zero-order chi connectivity index (χ0) is 15.6. The first-order chi connectivity index (χ1) is 9.90. The molecule has 0 aromatic heterocycles. The molecule has 2 rings (SSSR count). The van der Waals surface area contributed by atoms with Crippen LogP contribution in [0.4, 0.5) is 5.69 Å². The molecular formula is C14H22N2O4S. The van der Waals surface area contributed by atoms with Crippen LogP contribution in [0.2, 0.25) is 0 Å². The maximum atomic E-state index is 12.8. The number of nitrogen functional groups attached to an aromatic ring is 1. The standard InChI is InChI=1S/C14H22N2O4S/c1-10-7-13(20-2)14(8-12(10)15)21(18,19)16-5-3-11(9-17)4-6-16/h7-8,11,17H,3-6,9,15H2,1-2H3. The molecule has 7 heteroatoms. The lowest BCUT2D eigenvalue weighted by molar-refractivity contribution is 0.170. The summed E-state index contributed by atoms with van der Waals surface area (Å²) in [6.07, 6.45) is 1.33. The number of nitrogens with zero attached hydrogens (tertiary/aromatic N) is 1. The summed E-state index contributed by atoms with van der Waals surface area (Å²) >= 11 is 0. The van der Waals surface area contributed by atoms with Crippen LogP contribution in [-0.4, -0.2) is 44.6 Å². The summed E-state index contributed by atoms with van der Waals surface area (Å²) in [6, 6.07) is 3.10. The number of aliphatic hydroxyl groups excluding tert-OH is 1. The zero-order valence-electron chi connectivity index (χ0n) is 12.4. The van der Waals surface area contributed by atoms with E-state index in [2.05, 4.69) is 0 Å². The molecule has 1 aliphatic rings. The van der Waals surface area contributed by atoms with Crippen molar-refractivity contribution in [3.63, 3.8) is 0 Å². The van der Waals surface area contributed by atoms with Gasteiger partial charge in [-0.1, -0.05) is 0 Å². The Morgan fingerprint density at radius 2 is 2.00 bits per heavy atom. The minimum absolute atomic E-state index is 0.106. The van der Waals surface area contributed by atoms with Gasteiger partial charge in [-0.05, 0) is 43.4 Å². The third-order valence-electron chi connectivity index (χ3n) is 4.00. The highest BCUT2D eigenvalue weighted by atomic mass is 32.2. The first-order valence-electron chi connectivity index (χ1n) is 6.95. The van der Waals surface area contributed by atoms with Crippen LogP contribution in [0.15, 0.2) is 17.0 Å². The molecule has 0 bridgehead atoms. The second-order valence-electron chi connectivity index (χ2n) is 5.39. The molecule has 0 amide bonds. The van der Waals surface area contributed by atoms with Crippen molar-refractivity contribution in [1.82, 2.24) is 4.31 Å². The number of benzene rings is 1. The summed E-state index contributed by atoms with van der Waals surface area (Å²) in [5, 5.41) is 9.14. The van der Waals surface area contributed by atoms with Gasteiger partial charge in [-0.2, -0.15) is 4.31 Å². The Balaban J connectivity index is 2.34. The average Bonchev–Trinajstić information content (AvgIpc) is 2.49. The van der Waals surface area contributed by atoms with Crippen molar-refractivity contribution in [1.29, 1.82) is 0 Å². The summed E-state index contributed by atoms with van der Waals surface area (Å²) in [5.74, 6) is 0.493. The topological polar surface area (TPSA) is 92.9 Å². The third kappa shape index (κ3) is 3.14. The molecule has 1 aliphatic heterocycles. The molecule has 1 heterocycles.